The molecule has 1 heterocycles. The molecule has 0 fully saturated rings. The van der Waals surface area contributed by atoms with Crippen LogP contribution in [0, 0.1) is 0 Å². The van der Waals surface area contributed by atoms with Gasteiger partial charge in [-0.2, -0.15) is 4.68 Å². The highest BCUT2D eigenvalue weighted by atomic mass is 35.5. The molecule has 1 N–H and O–H groups in total. The van der Waals surface area contributed by atoms with Crippen molar-refractivity contribution < 1.29 is 0 Å². The van der Waals surface area contributed by atoms with E-state index >= 15 is 0 Å². The van der Waals surface area contributed by atoms with Gasteiger partial charge in [0.25, 0.3) is 0 Å². The molecule has 0 saturated heterocycles. The molecule has 5 nitrogen and oxygen atoms in total. The standard InChI is InChI=1S/C9H7Cl2N3O2/c1-13-8(15)12-9(16)14(13)7-4-5(10)2-3-6(7)11/h2-4H,1H3,(H,12,15,16). The topological polar surface area (TPSA) is 59.8 Å². The Morgan fingerprint density at radius 1 is 1.19 bits per heavy atom. The zero-order valence-corrected chi connectivity index (χ0v) is 9.71. The smallest absolute Gasteiger partial charge is 0.256 e. The third-order valence-electron chi connectivity index (χ3n) is 2.14. The first-order chi connectivity index (χ1) is 7.50. The van der Waals surface area contributed by atoms with Gasteiger partial charge in [-0.05, 0) is 18.2 Å². The van der Waals surface area contributed by atoms with Gasteiger partial charge in [0.05, 0.1) is 10.7 Å². The summed E-state index contributed by atoms with van der Waals surface area (Å²) in [5, 5.41) is 0.765. The molecule has 1 aromatic carbocycles. The maximum atomic E-state index is 11.5. The minimum Gasteiger partial charge on any atom is -0.256 e. The van der Waals surface area contributed by atoms with E-state index in [4.69, 9.17) is 23.2 Å². The van der Waals surface area contributed by atoms with Crippen LogP contribution in [0.1, 0.15) is 0 Å². The van der Waals surface area contributed by atoms with E-state index in [1.165, 1.54) is 13.1 Å². The van der Waals surface area contributed by atoms with E-state index in [9.17, 15) is 9.59 Å². The largest absolute Gasteiger partial charge is 0.349 e. The number of nitrogens with zero attached hydrogens (tertiary/aromatic N) is 2. The van der Waals surface area contributed by atoms with Gasteiger partial charge in [-0.15, -0.1) is 0 Å². The highest BCUT2D eigenvalue weighted by Crippen LogP contribution is 2.22. The molecule has 0 radical (unpaired) electrons. The Morgan fingerprint density at radius 3 is 2.44 bits per heavy atom. The van der Waals surface area contributed by atoms with Gasteiger partial charge in [-0.3, -0.25) is 4.98 Å². The summed E-state index contributed by atoms with van der Waals surface area (Å²) in [4.78, 5) is 24.9. The Bertz CT molecular complexity index is 654. The van der Waals surface area contributed by atoms with Gasteiger partial charge in [0.1, 0.15) is 0 Å². The van der Waals surface area contributed by atoms with Gasteiger partial charge in [0, 0.05) is 12.1 Å². The fraction of sp³-hybridized carbons (Fsp3) is 0.111. The average molecular weight is 260 g/mol. The molecule has 0 aliphatic heterocycles. The van der Waals surface area contributed by atoms with E-state index in [0.717, 1.165) is 9.36 Å². The third-order valence-corrected chi connectivity index (χ3v) is 2.69. The van der Waals surface area contributed by atoms with Crippen LogP contribution in [0.5, 0.6) is 0 Å². The van der Waals surface area contributed by atoms with Crippen LogP contribution in [0.25, 0.3) is 5.69 Å². The van der Waals surface area contributed by atoms with Crippen LogP contribution in [-0.4, -0.2) is 14.3 Å². The molecule has 2 aromatic rings. The van der Waals surface area contributed by atoms with Crippen LogP contribution >= 0.6 is 23.2 Å². The quantitative estimate of drug-likeness (QED) is 0.836. The van der Waals surface area contributed by atoms with Crippen molar-refractivity contribution in [3.8, 4) is 5.69 Å². The fourth-order valence-corrected chi connectivity index (χ4v) is 1.74. The van der Waals surface area contributed by atoms with Crippen LogP contribution in [-0.2, 0) is 7.05 Å². The van der Waals surface area contributed by atoms with Gasteiger partial charge in [-0.1, -0.05) is 23.2 Å². The first-order valence-corrected chi connectivity index (χ1v) is 5.10. The maximum Gasteiger partial charge on any atom is 0.349 e. The highest BCUT2D eigenvalue weighted by molar-refractivity contribution is 6.34. The van der Waals surface area contributed by atoms with Crippen molar-refractivity contribution in [2.75, 3.05) is 0 Å². The molecule has 0 amide bonds. The number of aromatic nitrogens is 3. The zero-order valence-electron chi connectivity index (χ0n) is 8.20. The molecule has 0 bridgehead atoms. The Morgan fingerprint density at radius 2 is 1.88 bits per heavy atom. The molecular weight excluding hydrogens is 253 g/mol. The summed E-state index contributed by atoms with van der Waals surface area (Å²) >= 11 is 11.7. The van der Waals surface area contributed by atoms with Crippen molar-refractivity contribution in [2.24, 2.45) is 7.05 Å². The molecule has 0 saturated carbocycles. The van der Waals surface area contributed by atoms with Gasteiger partial charge in [-0.25, -0.2) is 14.3 Å². The second-order valence-corrected chi connectivity index (χ2v) is 4.01. The number of nitrogens with one attached hydrogen (secondary N) is 1. The van der Waals surface area contributed by atoms with Crippen molar-refractivity contribution in [1.82, 2.24) is 14.3 Å². The first kappa shape index (κ1) is 11.0. The summed E-state index contributed by atoms with van der Waals surface area (Å²) < 4.78 is 2.25. The van der Waals surface area contributed by atoms with Crippen LogP contribution in [0.3, 0.4) is 0 Å². The molecule has 0 atom stereocenters. The fourth-order valence-electron chi connectivity index (χ4n) is 1.37. The van der Waals surface area contributed by atoms with Gasteiger partial charge < -0.3 is 0 Å². The number of H-pyrrole nitrogens is 1. The lowest BCUT2D eigenvalue weighted by molar-refractivity contribution is 0.628. The summed E-state index contributed by atoms with van der Waals surface area (Å²) in [6, 6.07) is 4.67. The molecule has 0 unspecified atom stereocenters. The van der Waals surface area contributed by atoms with Crippen molar-refractivity contribution in [2.45, 2.75) is 0 Å². The van der Waals surface area contributed by atoms with Crippen molar-refractivity contribution in [1.29, 1.82) is 0 Å². The average Bonchev–Trinajstić information content (AvgIpc) is 2.46. The number of hydrogen-bond acceptors (Lipinski definition) is 2. The monoisotopic (exact) mass is 259 g/mol. The zero-order chi connectivity index (χ0) is 11.9. The molecule has 0 spiro atoms. The maximum absolute atomic E-state index is 11.5. The van der Waals surface area contributed by atoms with Crippen molar-refractivity contribution >= 4 is 23.2 Å². The highest BCUT2D eigenvalue weighted by Gasteiger charge is 2.11. The lowest BCUT2D eigenvalue weighted by atomic mass is 10.3. The first-order valence-electron chi connectivity index (χ1n) is 4.34. The Labute approximate surface area is 99.8 Å². The van der Waals surface area contributed by atoms with Crippen molar-refractivity contribution in [3.63, 3.8) is 0 Å². The summed E-state index contributed by atoms with van der Waals surface area (Å²) in [5.74, 6) is 0. The number of aromatic amines is 1. The molecule has 84 valence electrons. The van der Waals surface area contributed by atoms with Crippen LogP contribution < -0.4 is 11.4 Å². The predicted molar refractivity (Wildman–Crippen MR) is 61.7 cm³/mol. The normalized spacial score (nSPS) is 10.7. The van der Waals surface area contributed by atoms with Gasteiger partial charge in [0.15, 0.2) is 0 Å². The Hall–Kier alpha value is -1.46. The molecule has 16 heavy (non-hydrogen) atoms. The lowest BCUT2D eigenvalue weighted by Crippen LogP contribution is -2.22. The van der Waals surface area contributed by atoms with Crippen LogP contribution in [0.15, 0.2) is 27.8 Å². The summed E-state index contributed by atoms with van der Waals surface area (Å²) in [7, 11) is 1.46. The minimum absolute atomic E-state index is 0.334. The predicted octanol–water partition coefficient (Wildman–Crippen LogP) is 1.17. The molecule has 2 rings (SSSR count). The van der Waals surface area contributed by atoms with Gasteiger partial charge in [0.2, 0.25) is 0 Å². The SMILES string of the molecule is Cn1c(=O)[nH]c(=O)n1-c1cc(Cl)ccc1Cl. The van der Waals surface area contributed by atoms with Gasteiger partial charge >= 0.3 is 11.4 Å². The van der Waals surface area contributed by atoms with Crippen LogP contribution in [0.4, 0.5) is 0 Å². The summed E-state index contributed by atoms with van der Waals surface area (Å²) in [6.07, 6.45) is 0. The minimum atomic E-state index is -0.559. The number of benzene rings is 1. The second kappa shape index (κ2) is 3.84. The van der Waals surface area contributed by atoms with Crippen LogP contribution in [0.2, 0.25) is 10.0 Å². The molecular formula is C9H7Cl2N3O2. The van der Waals surface area contributed by atoms with E-state index in [-0.39, 0.29) is 0 Å². The van der Waals surface area contributed by atoms with Crippen molar-refractivity contribution in [3.05, 3.63) is 49.2 Å². The Kier molecular flexibility index (Phi) is 2.65. The third kappa shape index (κ3) is 1.68. The second-order valence-electron chi connectivity index (χ2n) is 3.17. The van der Waals surface area contributed by atoms with E-state index in [1.807, 2.05) is 0 Å². The summed E-state index contributed by atoms with van der Waals surface area (Å²) in [6.45, 7) is 0. The number of hydrogen-bond donors (Lipinski definition) is 1. The van der Waals surface area contributed by atoms with E-state index in [0.29, 0.717) is 15.7 Å². The number of rotatable bonds is 1. The van der Waals surface area contributed by atoms with E-state index in [1.54, 1.807) is 12.1 Å². The van der Waals surface area contributed by atoms with E-state index < -0.39 is 11.4 Å². The summed E-state index contributed by atoms with van der Waals surface area (Å²) in [5.41, 5.74) is -0.710. The molecule has 1 aromatic heterocycles. The Balaban J connectivity index is 2.82. The lowest BCUT2D eigenvalue weighted by Gasteiger charge is -2.07. The molecule has 7 heteroatoms. The molecule has 0 aliphatic carbocycles. The van der Waals surface area contributed by atoms with E-state index in [2.05, 4.69) is 4.98 Å². The number of halogens is 2. The molecule has 0 aliphatic rings.